The fraction of sp³-hybridized carbons (Fsp3) is 0.545. The first-order valence-corrected chi connectivity index (χ1v) is 5.16. The number of nitrogen functional groups attached to an aromatic ring is 1. The predicted molar refractivity (Wildman–Crippen MR) is 62.8 cm³/mol. The van der Waals surface area contributed by atoms with Crippen LogP contribution in [0, 0.1) is 6.92 Å². The molecule has 0 radical (unpaired) electrons. The van der Waals surface area contributed by atoms with E-state index in [4.69, 9.17) is 5.73 Å². The number of nitrogens with two attached hydrogens (primary N) is 1. The van der Waals surface area contributed by atoms with Crippen molar-refractivity contribution >= 4 is 11.5 Å². The summed E-state index contributed by atoms with van der Waals surface area (Å²) in [5, 5.41) is 12.4. The van der Waals surface area contributed by atoms with Gasteiger partial charge in [-0.3, -0.25) is 0 Å². The van der Waals surface area contributed by atoms with Crippen molar-refractivity contribution in [1.29, 1.82) is 0 Å². The fourth-order valence-electron chi connectivity index (χ4n) is 1.49. The maximum absolute atomic E-state index is 9.23. The average Bonchev–Trinajstić information content (AvgIpc) is 2.11. The molecule has 0 aromatic carbocycles. The summed E-state index contributed by atoms with van der Waals surface area (Å²) in [5.41, 5.74) is 7.56. The number of rotatable bonds is 4. The van der Waals surface area contributed by atoms with Gasteiger partial charge in [-0.05, 0) is 38.8 Å². The minimum absolute atomic E-state index is 0.154. The van der Waals surface area contributed by atoms with Gasteiger partial charge in [-0.15, -0.1) is 0 Å². The number of aryl methyl sites for hydroxylation is 1. The van der Waals surface area contributed by atoms with Gasteiger partial charge in [0.05, 0.1) is 11.8 Å². The molecular weight excluding hydrogens is 190 g/mol. The molecule has 84 valence electrons. The van der Waals surface area contributed by atoms with Gasteiger partial charge in [0.2, 0.25) is 0 Å². The van der Waals surface area contributed by atoms with E-state index in [1.807, 2.05) is 19.9 Å². The van der Waals surface area contributed by atoms with Crippen LogP contribution in [0.1, 0.15) is 25.8 Å². The molecule has 0 saturated heterocycles. The summed E-state index contributed by atoms with van der Waals surface area (Å²) in [4.78, 5) is 4.17. The third-order valence-electron chi connectivity index (χ3n) is 2.29. The second kappa shape index (κ2) is 4.98. The molecular formula is C11H19N3O. The molecule has 1 aromatic heterocycles. The molecule has 0 aliphatic rings. The molecule has 15 heavy (non-hydrogen) atoms. The third kappa shape index (κ3) is 3.40. The minimum atomic E-state index is -0.321. The van der Waals surface area contributed by atoms with Crippen molar-refractivity contribution in [3.63, 3.8) is 0 Å². The highest BCUT2D eigenvalue weighted by Gasteiger charge is 2.09. The van der Waals surface area contributed by atoms with E-state index in [9.17, 15) is 5.11 Å². The van der Waals surface area contributed by atoms with Crippen molar-refractivity contribution < 1.29 is 5.11 Å². The number of aliphatic hydroxyl groups is 1. The van der Waals surface area contributed by atoms with Crippen molar-refractivity contribution in [3.8, 4) is 0 Å². The fourth-order valence-corrected chi connectivity index (χ4v) is 1.49. The number of aliphatic hydroxyl groups excluding tert-OH is 1. The molecule has 1 aromatic rings. The lowest BCUT2D eigenvalue weighted by Gasteiger charge is -2.17. The Kier molecular flexibility index (Phi) is 3.91. The van der Waals surface area contributed by atoms with Crippen LogP contribution in [0.2, 0.25) is 0 Å². The second-order valence-corrected chi connectivity index (χ2v) is 4.02. The molecule has 4 heteroatoms. The van der Waals surface area contributed by atoms with Gasteiger partial charge in [0.15, 0.2) is 0 Å². The molecule has 0 aliphatic heterocycles. The van der Waals surface area contributed by atoms with Crippen LogP contribution in [0.15, 0.2) is 12.3 Å². The standard InChI is InChI=1S/C11H19N3O/c1-7-4-5-13-11(10(7)12)14-8(2)6-9(3)15/h4-5,8-9,15H,6,12H2,1-3H3,(H,13,14). The quantitative estimate of drug-likeness (QED) is 0.703. The van der Waals surface area contributed by atoms with Gasteiger partial charge in [-0.2, -0.15) is 0 Å². The molecule has 4 N–H and O–H groups in total. The molecule has 2 unspecified atom stereocenters. The molecule has 0 fully saturated rings. The number of nitrogens with one attached hydrogen (secondary N) is 1. The van der Waals surface area contributed by atoms with Gasteiger partial charge in [0.25, 0.3) is 0 Å². The lowest BCUT2D eigenvalue weighted by atomic mass is 10.1. The summed E-state index contributed by atoms with van der Waals surface area (Å²) in [6.45, 7) is 5.71. The van der Waals surface area contributed by atoms with Crippen molar-refractivity contribution in [2.75, 3.05) is 11.1 Å². The van der Waals surface area contributed by atoms with Crippen molar-refractivity contribution in [2.45, 2.75) is 39.3 Å². The van der Waals surface area contributed by atoms with Gasteiger partial charge in [0.1, 0.15) is 5.82 Å². The van der Waals surface area contributed by atoms with Crippen LogP contribution in [0.5, 0.6) is 0 Å². The lowest BCUT2D eigenvalue weighted by Crippen LogP contribution is -2.22. The van der Waals surface area contributed by atoms with Gasteiger partial charge in [-0.1, -0.05) is 0 Å². The number of aromatic nitrogens is 1. The summed E-state index contributed by atoms with van der Waals surface area (Å²) in [6, 6.07) is 2.03. The smallest absolute Gasteiger partial charge is 0.149 e. The zero-order valence-electron chi connectivity index (χ0n) is 9.49. The lowest BCUT2D eigenvalue weighted by molar-refractivity contribution is 0.179. The maximum Gasteiger partial charge on any atom is 0.149 e. The zero-order chi connectivity index (χ0) is 11.4. The van der Waals surface area contributed by atoms with E-state index >= 15 is 0 Å². The first kappa shape index (κ1) is 11.8. The molecule has 0 amide bonds. The van der Waals surface area contributed by atoms with Crippen LogP contribution in [-0.2, 0) is 0 Å². The highest BCUT2D eigenvalue weighted by atomic mass is 16.3. The molecule has 4 nitrogen and oxygen atoms in total. The molecule has 1 heterocycles. The van der Waals surface area contributed by atoms with Crippen LogP contribution >= 0.6 is 0 Å². The molecule has 0 spiro atoms. The Morgan fingerprint density at radius 2 is 2.20 bits per heavy atom. The Labute approximate surface area is 90.5 Å². The Morgan fingerprint density at radius 3 is 2.80 bits per heavy atom. The topological polar surface area (TPSA) is 71.2 Å². The molecule has 1 rings (SSSR count). The summed E-state index contributed by atoms with van der Waals surface area (Å²) in [6.07, 6.45) is 2.08. The predicted octanol–water partition coefficient (Wildman–Crippen LogP) is 1.54. The Hall–Kier alpha value is -1.29. The summed E-state index contributed by atoms with van der Waals surface area (Å²) >= 11 is 0. The number of anilines is 2. The van der Waals surface area contributed by atoms with Gasteiger partial charge < -0.3 is 16.2 Å². The van der Waals surface area contributed by atoms with E-state index in [2.05, 4.69) is 10.3 Å². The van der Waals surface area contributed by atoms with E-state index < -0.39 is 0 Å². The van der Waals surface area contributed by atoms with Crippen LogP contribution in [0.3, 0.4) is 0 Å². The first-order valence-electron chi connectivity index (χ1n) is 5.16. The number of hydrogen-bond acceptors (Lipinski definition) is 4. The zero-order valence-corrected chi connectivity index (χ0v) is 9.49. The molecule has 0 aliphatic carbocycles. The minimum Gasteiger partial charge on any atom is -0.396 e. The van der Waals surface area contributed by atoms with Gasteiger partial charge in [0, 0.05) is 12.2 Å². The first-order chi connectivity index (χ1) is 7.00. The van der Waals surface area contributed by atoms with Gasteiger partial charge in [-0.25, -0.2) is 4.98 Å². The molecule has 0 saturated carbocycles. The summed E-state index contributed by atoms with van der Waals surface area (Å²) < 4.78 is 0. The van der Waals surface area contributed by atoms with Crippen LogP contribution < -0.4 is 11.1 Å². The normalized spacial score (nSPS) is 14.7. The van der Waals surface area contributed by atoms with E-state index in [0.717, 1.165) is 5.56 Å². The third-order valence-corrected chi connectivity index (χ3v) is 2.29. The van der Waals surface area contributed by atoms with Crippen LogP contribution in [0.25, 0.3) is 0 Å². The van der Waals surface area contributed by atoms with E-state index in [-0.39, 0.29) is 12.1 Å². The van der Waals surface area contributed by atoms with E-state index in [1.165, 1.54) is 0 Å². The maximum atomic E-state index is 9.23. The Balaban J connectivity index is 2.68. The van der Waals surface area contributed by atoms with Gasteiger partial charge >= 0.3 is 0 Å². The number of pyridine rings is 1. The largest absolute Gasteiger partial charge is 0.396 e. The SMILES string of the molecule is Cc1ccnc(NC(C)CC(C)O)c1N. The number of hydrogen-bond donors (Lipinski definition) is 3. The van der Waals surface area contributed by atoms with E-state index in [0.29, 0.717) is 17.9 Å². The summed E-state index contributed by atoms with van der Waals surface area (Å²) in [5.74, 6) is 0.697. The Bertz CT molecular complexity index is 326. The number of nitrogens with zero attached hydrogens (tertiary/aromatic N) is 1. The van der Waals surface area contributed by atoms with Crippen molar-refractivity contribution in [1.82, 2.24) is 4.98 Å². The highest BCUT2D eigenvalue weighted by molar-refractivity contribution is 5.65. The molecule has 0 bridgehead atoms. The monoisotopic (exact) mass is 209 g/mol. The summed E-state index contributed by atoms with van der Waals surface area (Å²) in [7, 11) is 0. The van der Waals surface area contributed by atoms with Crippen molar-refractivity contribution in [2.24, 2.45) is 0 Å². The Morgan fingerprint density at radius 1 is 1.53 bits per heavy atom. The average molecular weight is 209 g/mol. The highest BCUT2D eigenvalue weighted by Crippen LogP contribution is 2.20. The second-order valence-electron chi connectivity index (χ2n) is 4.02. The van der Waals surface area contributed by atoms with Crippen LogP contribution in [-0.4, -0.2) is 22.2 Å². The van der Waals surface area contributed by atoms with Crippen molar-refractivity contribution in [3.05, 3.63) is 17.8 Å². The van der Waals surface area contributed by atoms with Crippen LogP contribution in [0.4, 0.5) is 11.5 Å². The molecule has 2 atom stereocenters. The van der Waals surface area contributed by atoms with E-state index in [1.54, 1.807) is 13.1 Å².